The van der Waals surface area contributed by atoms with Crippen LogP contribution in [0.2, 0.25) is 0 Å². The van der Waals surface area contributed by atoms with E-state index in [1.165, 1.54) is 22.4 Å². The lowest BCUT2D eigenvalue weighted by Gasteiger charge is -2.36. The number of nitrogens with zero attached hydrogens (tertiary/aromatic N) is 4. The van der Waals surface area contributed by atoms with Crippen molar-refractivity contribution in [3.8, 4) is 0 Å². The molecule has 0 heterocycles. The lowest BCUT2D eigenvalue weighted by Crippen LogP contribution is -2.28. The minimum absolute atomic E-state index is 0.0466. The summed E-state index contributed by atoms with van der Waals surface area (Å²) in [5.74, 6) is 0. The molecule has 132 valence electrons. The Morgan fingerprint density at radius 3 is 1.53 bits per heavy atom. The third kappa shape index (κ3) is 5.11. The van der Waals surface area contributed by atoms with E-state index < -0.39 is 0 Å². The van der Waals surface area contributed by atoms with Gasteiger partial charge in [0.25, 0.3) is 132 Å². The van der Waals surface area contributed by atoms with Crippen molar-refractivity contribution in [2.45, 2.75) is 38.0 Å². The second-order valence-electron chi connectivity index (χ2n) is 8.65. The molecule has 0 amide bonds. The second-order valence-corrected chi connectivity index (χ2v) is 15.5. The van der Waals surface area contributed by atoms with Gasteiger partial charge in [0.15, 0.2) is 0 Å². The smallest absolute Gasteiger partial charge is 0.277 e. The van der Waals surface area contributed by atoms with Crippen LogP contribution in [-0.2, 0) is 10.8 Å². The zero-order chi connectivity index (χ0) is 22.6. The molecule has 1 aliphatic rings. The summed E-state index contributed by atoms with van der Waals surface area (Å²) in [5, 5.41) is 0. The third-order valence-electron chi connectivity index (χ3n) is 5.89. The Hall–Kier alpha value is 1.90. The van der Waals surface area contributed by atoms with Gasteiger partial charge in [-0.2, -0.15) is 0 Å². The van der Waals surface area contributed by atoms with Gasteiger partial charge in [0.05, 0.1) is 0 Å². The van der Waals surface area contributed by atoms with Gasteiger partial charge in [-0.3, -0.25) is 0 Å². The molecule has 1 unspecified atom stereocenters. The molecule has 0 aromatic heterocycles. The largest absolute Gasteiger partial charge is 0.587 e. The number of rotatable bonds is 5. The van der Waals surface area contributed by atoms with Crippen LogP contribution in [0.25, 0.3) is 0 Å². The summed E-state index contributed by atoms with van der Waals surface area (Å²) in [6, 6.07) is 11.4. The van der Waals surface area contributed by atoms with Crippen molar-refractivity contribution >= 4 is 155 Å². The van der Waals surface area contributed by atoms with Crippen LogP contribution in [0.1, 0.15) is 43.9 Å². The first-order valence-electron chi connectivity index (χ1n) is 9.30. The fourth-order valence-electron chi connectivity index (χ4n) is 4.60. The van der Waals surface area contributed by atoms with Crippen LogP contribution in [0.15, 0.2) is 30.3 Å². The minimum Gasteiger partial charge on any atom is -0.587 e. The van der Waals surface area contributed by atoms with Crippen LogP contribution >= 0.6 is 0 Å². The minimum atomic E-state index is -0.133. The maximum atomic E-state index is 2.81. The average Bonchev–Trinajstić information content (AvgIpc) is 2.87. The zero-order valence-corrected chi connectivity index (χ0v) is 26.7. The van der Waals surface area contributed by atoms with Gasteiger partial charge in [0.1, 0.15) is 0 Å². The highest BCUT2D eigenvalue weighted by atomic mass is 27.1. The first-order chi connectivity index (χ1) is 13.8. The van der Waals surface area contributed by atoms with Gasteiger partial charge in [0, 0.05) is 5.41 Å². The van der Waals surface area contributed by atoms with Crippen molar-refractivity contribution in [1.82, 2.24) is 0 Å². The zero-order valence-electron chi connectivity index (χ0n) is 17.5. The van der Waals surface area contributed by atoms with Crippen molar-refractivity contribution < 1.29 is 0 Å². The Morgan fingerprint density at radius 2 is 1.10 bits per heavy atom. The van der Waals surface area contributed by atoms with E-state index in [0.29, 0.717) is 0 Å². The van der Waals surface area contributed by atoms with Gasteiger partial charge >= 0.3 is 0 Å². The Kier molecular flexibility index (Phi) is 8.72. The predicted octanol–water partition coefficient (Wildman–Crippen LogP) is 0.567. The van der Waals surface area contributed by atoms with E-state index in [0.717, 1.165) is 23.5 Å². The maximum absolute atomic E-state index is 2.81. The van der Waals surface area contributed by atoms with E-state index in [4.69, 9.17) is 0 Å². The van der Waals surface area contributed by atoms with Crippen LogP contribution in [0.3, 0.4) is 0 Å². The molecule has 0 saturated heterocycles. The van der Waals surface area contributed by atoms with E-state index >= 15 is 0 Å². The van der Waals surface area contributed by atoms with Gasteiger partial charge < -0.3 is 11.5 Å². The van der Waals surface area contributed by atoms with Crippen molar-refractivity contribution in [3.05, 3.63) is 47.0 Å². The highest BCUT2D eigenvalue weighted by Gasteiger charge is 2.47. The van der Waals surface area contributed by atoms with Gasteiger partial charge in [0.2, 0.25) is 0 Å². The Morgan fingerprint density at radius 1 is 0.633 bits per heavy atom. The molecule has 30 heavy (non-hydrogen) atoms. The molecule has 0 aliphatic heterocycles. The number of benzene rings is 2. The molecule has 16 radical (unpaired) electrons. The van der Waals surface area contributed by atoms with Gasteiger partial charge in [-0.1, -0.05) is 20.8 Å². The van der Waals surface area contributed by atoms with Crippen molar-refractivity contribution in [3.63, 3.8) is 0 Å². The molecule has 0 N–H and O–H groups in total. The van der Waals surface area contributed by atoms with E-state index in [-0.39, 0.29) is 10.8 Å². The highest BCUT2D eigenvalue weighted by Crippen LogP contribution is 2.57. The molecule has 1 atom stereocenters. The average molecular weight is 504 g/mol. The summed E-state index contributed by atoms with van der Waals surface area (Å²) in [7, 11) is 0. The molecule has 0 saturated carbocycles. The van der Waals surface area contributed by atoms with E-state index in [9.17, 15) is 0 Å². The lowest BCUT2D eigenvalue weighted by atomic mass is 9.74. The monoisotopic (exact) mass is 504 g/mol. The van der Waals surface area contributed by atoms with Crippen molar-refractivity contribution in [2.24, 2.45) is 0 Å². The van der Waals surface area contributed by atoms with Gasteiger partial charge in [-0.15, -0.1) is 0 Å². The molecule has 0 bridgehead atoms. The number of hydrogen-bond acceptors (Lipinski definition) is 4. The molecule has 2 aromatic rings. The summed E-state index contributed by atoms with van der Waals surface area (Å²) >= 11 is 22.1. The van der Waals surface area contributed by atoms with E-state index in [2.05, 4.69) is 186 Å². The summed E-state index contributed by atoms with van der Waals surface area (Å²) in [6.07, 6.45) is 1.03. The number of anilines is 4. The fourth-order valence-corrected chi connectivity index (χ4v) is 5.91. The summed E-state index contributed by atoms with van der Waals surface area (Å²) in [4.78, 5) is 0. The van der Waals surface area contributed by atoms with Crippen LogP contribution in [0.5, 0.6) is 0 Å². The first kappa shape index (κ1) is 26.5. The molecular weight excluding hydrogens is 488 g/mol. The third-order valence-corrected chi connectivity index (χ3v) is 8.24. The molecule has 2 aromatic carbocycles. The molecule has 4 nitrogen and oxygen atoms in total. The SMILES string of the molecule is CC1(C)CC(C)(c2cc([N]([Al])[Al])cc([N]([Al])[Al])c2)c2c([N]([Al])[Al])cc([N]([Al])[Al])cc21. The lowest BCUT2D eigenvalue weighted by molar-refractivity contribution is 0.425. The van der Waals surface area contributed by atoms with Gasteiger partial charge in [-0.25, -0.2) is 0 Å². The molecule has 1 aliphatic carbocycles. The van der Waals surface area contributed by atoms with Crippen molar-refractivity contribution in [1.29, 1.82) is 0 Å². The molecule has 3 rings (SSSR count). The van der Waals surface area contributed by atoms with Crippen LogP contribution in [-0.4, -0.2) is 132 Å². The summed E-state index contributed by atoms with van der Waals surface area (Å²) in [5.41, 5.74) is 8.64. The van der Waals surface area contributed by atoms with Crippen LogP contribution < -0.4 is 11.5 Å². The normalized spacial score (nSPS) is 19.2. The van der Waals surface area contributed by atoms with Gasteiger partial charge in [-0.05, 0) is 81.6 Å². The number of hydrogen-bond donors (Lipinski definition) is 0. The second kappa shape index (κ2) is 9.87. The predicted molar refractivity (Wildman–Crippen MR) is 133 cm³/mol. The summed E-state index contributed by atoms with van der Waals surface area (Å²) < 4.78 is 8.13. The standard InChI is InChI=1S/C18H16N4.8Al/c1-17(2)9-18(3,10-4-11(19)6-12(20)5-10)16-14(17)7-13(21)8-15(16)22;;;;;;;;/h4-8H,9H2,1-3H3;;;;;;;;. The molecule has 0 fully saturated rings. The Bertz CT molecular complexity index is 937. The van der Waals surface area contributed by atoms with Crippen LogP contribution in [0.4, 0.5) is 22.7 Å². The van der Waals surface area contributed by atoms with Crippen molar-refractivity contribution in [2.75, 3.05) is 11.5 Å². The fraction of sp³-hybridized carbons (Fsp3) is 0.333. The number of fused-ring (bicyclic) bond motifs is 1. The highest BCUT2D eigenvalue weighted by molar-refractivity contribution is 6.44. The quantitative estimate of drug-likeness (QED) is 0.553. The first-order valence-corrected chi connectivity index (χ1v) is 13.4. The molecular formula is C18H16Al8N4. The summed E-state index contributed by atoms with van der Waals surface area (Å²) in [6.45, 7) is 7.10. The molecule has 12 heteroatoms. The van der Waals surface area contributed by atoms with Crippen LogP contribution in [0, 0.1) is 0 Å². The van der Waals surface area contributed by atoms with E-state index in [1.54, 1.807) is 0 Å². The molecule has 0 spiro atoms. The maximum Gasteiger partial charge on any atom is 0.277 e. The Balaban J connectivity index is 2.35. The van der Waals surface area contributed by atoms with E-state index in [1.807, 2.05) is 8.60 Å². The topological polar surface area (TPSA) is 13.0 Å². The Labute approximate surface area is 248 Å².